The van der Waals surface area contributed by atoms with Crippen LogP contribution in [0, 0.1) is 10.1 Å². The van der Waals surface area contributed by atoms with Crippen molar-refractivity contribution >= 4 is 45.2 Å². The number of nitrogens with zero attached hydrogens (tertiary/aromatic N) is 2. The highest BCUT2D eigenvalue weighted by molar-refractivity contribution is 8.39. The molecular weight excluding hydrogens is 310 g/mol. The van der Waals surface area contributed by atoms with E-state index in [9.17, 15) is 14.9 Å². The maximum atomic E-state index is 12.1. The molecule has 21 heavy (non-hydrogen) atoms. The third kappa shape index (κ3) is 4.47. The lowest BCUT2D eigenvalue weighted by molar-refractivity contribution is -0.384. The average Bonchev–Trinajstić information content (AvgIpc) is 2.84. The summed E-state index contributed by atoms with van der Waals surface area (Å²) in [6, 6.07) is 6.09. The Morgan fingerprint density at radius 3 is 2.71 bits per heavy atom. The van der Waals surface area contributed by atoms with Crippen LogP contribution in [0.15, 0.2) is 29.3 Å². The zero-order valence-electron chi connectivity index (χ0n) is 11.6. The summed E-state index contributed by atoms with van der Waals surface area (Å²) in [6.07, 6.45) is 0. The molecule has 0 radical (unpaired) electrons. The van der Waals surface area contributed by atoms with Crippen molar-refractivity contribution in [1.29, 1.82) is 0 Å². The van der Waals surface area contributed by atoms with Crippen LogP contribution in [0.2, 0.25) is 0 Å². The Balaban J connectivity index is 1.91. The largest absolute Gasteiger partial charge is 0.325 e. The standard InChI is InChI=1S/C13H15N3O3S2/c1-8-7-20-13(14-8)21-9(2)12(17)15-10-3-5-11(6-4-10)16(18)19/h3-6,8-9H,7H2,1-2H3,(H,15,17)/t8-,9+/m1/s1. The van der Waals surface area contributed by atoms with Crippen molar-refractivity contribution in [2.24, 2.45) is 4.99 Å². The molecule has 1 aromatic carbocycles. The van der Waals surface area contributed by atoms with Crippen molar-refractivity contribution < 1.29 is 9.72 Å². The summed E-state index contributed by atoms with van der Waals surface area (Å²) in [5.41, 5.74) is 0.550. The molecule has 1 N–H and O–H groups in total. The number of amides is 1. The molecule has 0 spiro atoms. The number of hydrogen-bond donors (Lipinski definition) is 1. The quantitative estimate of drug-likeness (QED) is 0.679. The van der Waals surface area contributed by atoms with Gasteiger partial charge in [-0.15, -0.1) is 0 Å². The molecule has 0 aromatic heterocycles. The van der Waals surface area contributed by atoms with Crippen LogP contribution in [0.3, 0.4) is 0 Å². The molecule has 0 fully saturated rings. The van der Waals surface area contributed by atoms with Crippen molar-refractivity contribution in [3.63, 3.8) is 0 Å². The first-order valence-electron chi connectivity index (χ1n) is 6.38. The van der Waals surface area contributed by atoms with Crippen LogP contribution in [0.1, 0.15) is 13.8 Å². The van der Waals surface area contributed by atoms with Crippen LogP contribution >= 0.6 is 23.5 Å². The number of thioether (sulfide) groups is 2. The minimum Gasteiger partial charge on any atom is -0.325 e. The molecule has 2 rings (SSSR count). The molecule has 0 saturated carbocycles. The Labute approximate surface area is 130 Å². The molecule has 0 saturated heterocycles. The molecule has 1 heterocycles. The minimum atomic E-state index is -0.472. The van der Waals surface area contributed by atoms with E-state index in [0.29, 0.717) is 11.7 Å². The lowest BCUT2D eigenvalue weighted by Gasteiger charge is -2.11. The van der Waals surface area contributed by atoms with Gasteiger partial charge in [0, 0.05) is 23.6 Å². The van der Waals surface area contributed by atoms with E-state index >= 15 is 0 Å². The van der Waals surface area contributed by atoms with Crippen LogP contribution in [-0.4, -0.2) is 32.3 Å². The first kappa shape index (κ1) is 15.8. The molecule has 0 unspecified atom stereocenters. The SMILES string of the molecule is C[C@@H]1CSC(S[C@@H](C)C(=O)Nc2ccc([N+](=O)[O-])cc2)=N1. The Hall–Kier alpha value is -1.54. The summed E-state index contributed by atoms with van der Waals surface area (Å²) in [5, 5.41) is 13.0. The summed E-state index contributed by atoms with van der Waals surface area (Å²) >= 11 is 3.10. The number of carbonyl (C=O) groups excluding carboxylic acids is 1. The maximum Gasteiger partial charge on any atom is 0.269 e. The molecule has 0 bridgehead atoms. The topological polar surface area (TPSA) is 84.6 Å². The number of nitrogens with one attached hydrogen (secondary N) is 1. The van der Waals surface area contributed by atoms with Crippen LogP contribution < -0.4 is 5.32 Å². The molecular formula is C13H15N3O3S2. The van der Waals surface area contributed by atoms with E-state index in [-0.39, 0.29) is 16.8 Å². The van der Waals surface area contributed by atoms with Gasteiger partial charge in [0.2, 0.25) is 5.91 Å². The fourth-order valence-electron chi connectivity index (χ4n) is 1.63. The van der Waals surface area contributed by atoms with E-state index in [0.717, 1.165) is 10.1 Å². The van der Waals surface area contributed by atoms with E-state index in [1.807, 2.05) is 13.8 Å². The van der Waals surface area contributed by atoms with Gasteiger partial charge >= 0.3 is 0 Å². The van der Waals surface area contributed by atoms with E-state index in [4.69, 9.17) is 0 Å². The predicted octanol–water partition coefficient (Wildman–Crippen LogP) is 3.15. The molecule has 112 valence electrons. The number of non-ortho nitro benzene ring substituents is 1. The van der Waals surface area contributed by atoms with Gasteiger partial charge in [-0.2, -0.15) is 0 Å². The Kier molecular flexibility index (Phi) is 5.24. The number of hydrogen-bond acceptors (Lipinski definition) is 6. The third-order valence-electron chi connectivity index (χ3n) is 2.77. The average molecular weight is 325 g/mol. The molecule has 1 aromatic rings. The van der Waals surface area contributed by atoms with Crippen molar-refractivity contribution in [3.05, 3.63) is 34.4 Å². The molecule has 8 heteroatoms. The highest BCUT2D eigenvalue weighted by Gasteiger charge is 2.21. The molecule has 1 amide bonds. The van der Waals surface area contributed by atoms with Gasteiger partial charge in [-0.1, -0.05) is 23.5 Å². The second-order valence-corrected chi connectivity index (χ2v) is 7.20. The first-order valence-corrected chi connectivity index (χ1v) is 8.25. The second-order valence-electron chi connectivity index (χ2n) is 4.61. The molecule has 0 aliphatic carbocycles. The smallest absolute Gasteiger partial charge is 0.269 e. The van der Waals surface area contributed by atoms with Gasteiger partial charge in [-0.25, -0.2) is 0 Å². The molecule has 1 aliphatic heterocycles. The van der Waals surface area contributed by atoms with Crippen LogP contribution in [0.4, 0.5) is 11.4 Å². The van der Waals surface area contributed by atoms with E-state index < -0.39 is 4.92 Å². The van der Waals surface area contributed by atoms with Crippen LogP contribution in [0.25, 0.3) is 0 Å². The lowest BCUT2D eigenvalue weighted by atomic mass is 10.3. The van der Waals surface area contributed by atoms with Gasteiger partial charge in [0.05, 0.1) is 16.2 Å². The minimum absolute atomic E-state index is 0.00104. The summed E-state index contributed by atoms with van der Waals surface area (Å²) < 4.78 is 0.939. The zero-order valence-corrected chi connectivity index (χ0v) is 13.2. The summed E-state index contributed by atoms with van der Waals surface area (Å²) in [7, 11) is 0. The molecule has 6 nitrogen and oxygen atoms in total. The zero-order chi connectivity index (χ0) is 15.4. The van der Waals surface area contributed by atoms with Crippen molar-refractivity contribution in [2.45, 2.75) is 25.1 Å². The highest BCUT2D eigenvalue weighted by Crippen LogP contribution is 2.29. The van der Waals surface area contributed by atoms with Crippen molar-refractivity contribution in [1.82, 2.24) is 0 Å². The van der Waals surface area contributed by atoms with Gasteiger partial charge in [0.25, 0.3) is 5.69 Å². The highest BCUT2D eigenvalue weighted by atomic mass is 32.2. The molecule has 2 atom stereocenters. The Bertz CT molecular complexity index is 575. The number of rotatable bonds is 4. The van der Waals surface area contributed by atoms with Gasteiger partial charge < -0.3 is 5.32 Å². The normalized spacial score (nSPS) is 19.0. The fourth-order valence-corrected chi connectivity index (χ4v) is 3.96. The number of aliphatic imine (C=N–C) groups is 1. The van der Waals surface area contributed by atoms with Crippen LogP contribution in [0.5, 0.6) is 0 Å². The van der Waals surface area contributed by atoms with E-state index in [1.54, 1.807) is 11.8 Å². The number of anilines is 1. The summed E-state index contributed by atoms with van der Waals surface area (Å²) in [6.45, 7) is 3.86. The fraction of sp³-hybridized carbons (Fsp3) is 0.385. The van der Waals surface area contributed by atoms with Gasteiger partial charge in [0.15, 0.2) is 0 Å². The predicted molar refractivity (Wildman–Crippen MR) is 88.1 cm³/mol. The molecule has 1 aliphatic rings. The Morgan fingerprint density at radius 1 is 1.52 bits per heavy atom. The maximum absolute atomic E-state index is 12.1. The number of nitro benzene ring substituents is 1. The van der Waals surface area contributed by atoms with Gasteiger partial charge in [-0.3, -0.25) is 19.9 Å². The van der Waals surface area contributed by atoms with Crippen molar-refractivity contribution in [2.75, 3.05) is 11.1 Å². The van der Waals surface area contributed by atoms with Crippen LogP contribution in [-0.2, 0) is 4.79 Å². The Morgan fingerprint density at radius 2 is 2.19 bits per heavy atom. The lowest BCUT2D eigenvalue weighted by Crippen LogP contribution is -2.23. The van der Waals surface area contributed by atoms with Gasteiger partial charge in [0.1, 0.15) is 4.38 Å². The number of nitro groups is 1. The van der Waals surface area contributed by atoms with Gasteiger partial charge in [-0.05, 0) is 26.0 Å². The third-order valence-corrected chi connectivity index (χ3v) is 5.28. The first-order chi connectivity index (χ1) is 9.95. The number of carbonyl (C=O) groups is 1. The second kappa shape index (κ2) is 6.95. The summed E-state index contributed by atoms with van der Waals surface area (Å²) in [4.78, 5) is 26.6. The monoisotopic (exact) mass is 325 g/mol. The van der Waals surface area contributed by atoms with Crippen molar-refractivity contribution in [3.8, 4) is 0 Å². The van der Waals surface area contributed by atoms with E-state index in [2.05, 4.69) is 10.3 Å². The van der Waals surface area contributed by atoms with E-state index in [1.165, 1.54) is 36.0 Å². The summed E-state index contributed by atoms with van der Waals surface area (Å²) in [5.74, 6) is 0.815. The number of benzene rings is 1.